The number of para-hydroxylation sites is 1. The van der Waals surface area contributed by atoms with Gasteiger partial charge in [0, 0.05) is 16.6 Å². The van der Waals surface area contributed by atoms with E-state index in [0.717, 1.165) is 10.9 Å². The van der Waals surface area contributed by atoms with E-state index in [-0.39, 0.29) is 10.8 Å². The number of rotatable bonds is 3. The quantitative estimate of drug-likeness (QED) is 0.689. The van der Waals surface area contributed by atoms with E-state index in [4.69, 9.17) is 5.14 Å². The number of hydrogen-bond acceptors (Lipinski definition) is 3. The number of benzene rings is 2. The van der Waals surface area contributed by atoms with E-state index in [1.165, 1.54) is 24.3 Å². The monoisotopic (exact) mass is 315 g/mol. The van der Waals surface area contributed by atoms with E-state index >= 15 is 0 Å². The van der Waals surface area contributed by atoms with Crippen LogP contribution in [-0.2, 0) is 10.0 Å². The Hall–Kier alpha value is -2.64. The van der Waals surface area contributed by atoms with Gasteiger partial charge < -0.3 is 10.3 Å². The lowest BCUT2D eigenvalue weighted by Gasteiger charge is -2.04. The first-order valence-corrected chi connectivity index (χ1v) is 8.00. The summed E-state index contributed by atoms with van der Waals surface area (Å²) in [5.74, 6) is -0.306. The fourth-order valence-corrected chi connectivity index (χ4v) is 2.64. The number of hydrogen-bond donors (Lipinski definition) is 3. The number of nitrogens with two attached hydrogens (primary N) is 1. The van der Waals surface area contributed by atoms with Gasteiger partial charge >= 0.3 is 0 Å². The summed E-state index contributed by atoms with van der Waals surface area (Å²) in [5.41, 5.74) is 1.78. The molecule has 1 amide bonds. The predicted molar refractivity (Wildman–Crippen MR) is 84.1 cm³/mol. The first-order chi connectivity index (χ1) is 10.4. The Bertz CT molecular complexity index is 911. The molecule has 0 aliphatic carbocycles. The predicted octanol–water partition coefficient (Wildman–Crippen LogP) is 2.07. The van der Waals surface area contributed by atoms with Crippen molar-refractivity contribution in [1.82, 2.24) is 4.98 Å². The number of carbonyl (C=O) groups is 1. The fourth-order valence-electron chi connectivity index (χ4n) is 2.12. The van der Waals surface area contributed by atoms with Gasteiger partial charge in [0.1, 0.15) is 5.69 Å². The Labute approximate surface area is 127 Å². The maximum atomic E-state index is 12.2. The molecule has 6 nitrogen and oxygen atoms in total. The van der Waals surface area contributed by atoms with Crippen molar-refractivity contribution in [3.8, 4) is 0 Å². The van der Waals surface area contributed by atoms with Crippen molar-refractivity contribution in [3.05, 3.63) is 60.3 Å². The second-order valence-corrected chi connectivity index (χ2v) is 6.36. The number of H-pyrrole nitrogens is 1. The molecule has 0 aliphatic rings. The van der Waals surface area contributed by atoms with Crippen molar-refractivity contribution >= 4 is 32.5 Å². The second kappa shape index (κ2) is 5.28. The Morgan fingerprint density at radius 3 is 2.36 bits per heavy atom. The van der Waals surface area contributed by atoms with Gasteiger partial charge in [-0.2, -0.15) is 0 Å². The van der Waals surface area contributed by atoms with Gasteiger partial charge in [0.2, 0.25) is 10.0 Å². The molecule has 2 aromatic carbocycles. The van der Waals surface area contributed by atoms with E-state index < -0.39 is 10.0 Å². The molecule has 0 spiro atoms. The molecule has 3 rings (SSSR count). The van der Waals surface area contributed by atoms with Crippen LogP contribution in [0.2, 0.25) is 0 Å². The van der Waals surface area contributed by atoms with Crippen LogP contribution in [-0.4, -0.2) is 19.3 Å². The van der Waals surface area contributed by atoms with Crippen LogP contribution in [0.3, 0.4) is 0 Å². The van der Waals surface area contributed by atoms with Gasteiger partial charge in [-0.05, 0) is 36.4 Å². The highest BCUT2D eigenvalue weighted by molar-refractivity contribution is 7.89. The minimum absolute atomic E-state index is 0.00360. The van der Waals surface area contributed by atoms with Gasteiger partial charge in [-0.3, -0.25) is 4.79 Å². The smallest absolute Gasteiger partial charge is 0.272 e. The fraction of sp³-hybridized carbons (Fsp3) is 0. The molecule has 0 unspecified atom stereocenters. The van der Waals surface area contributed by atoms with Crippen molar-refractivity contribution < 1.29 is 13.2 Å². The van der Waals surface area contributed by atoms with Crippen molar-refractivity contribution in [1.29, 1.82) is 0 Å². The summed E-state index contributed by atoms with van der Waals surface area (Å²) in [6.07, 6.45) is 0. The molecular weight excluding hydrogens is 302 g/mol. The molecule has 0 fully saturated rings. The Kier molecular flexibility index (Phi) is 3.44. The number of nitrogens with one attached hydrogen (secondary N) is 2. The molecule has 0 aliphatic heterocycles. The molecule has 0 atom stereocenters. The molecule has 0 saturated carbocycles. The molecule has 7 heteroatoms. The zero-order chi connectivity index (χ0) is 15.7. The highest BCUT2D eigenvalue weighted by atomic mass is 32.2. The lowest BCUT2D eigenvalue weighted by atomic mass is 10.2. The molecule has 22 heavy (non-hydrogen) atoms. The summed E-state index contributed by atoms with van der Waals surface area (Å²) in [6.45, 7) is 0. The van der Waals surface area contributed by atoms with Crippen LogP contribution >= 0.6 is 0 Å². The average molecular weight is 315 g/mol. The minimum atomic E-state index is -3.74. The van der Waals surface area contributed by atoms with Crippen LogP contribution in [0.1, 0.15) is 10.5 Å². The molecule has 0 radical (unpaired) electrons. The summed E-state index contributed by atoms with van der Waals surface area (Å²) in [7, 11) is -3.74. The van der Waals surface area contributed by atoms with Gasteiger partial charge in [-0.15, -0.1) is 0 Å². The Balaban J connectivity index is 1.82. The molecule has 0 bridgehead atoms. The molecule has 0 saturated heterocycles. The summed E-state index contributed by atoms with van der Waals surface area (Å²) in [4.78, 5) is 15.2. The molecule has 1 heterocycles. The number of sulfonamides is 1. The standard InChI is InChI=1S/C15H13N3O3S/c16-22(20,21)12-7-5-11(6-8-12)17-15(19)14-9-10-3-1-2-4-13(10)18-14/h1-9,18H,(H,17,19)(H2,16,20,21). The number of primary sulfonamides is 1. The molecular formula is C15H13N3O3S. The van der Waals surface area contributed by atoms with Crippen LogP contribution in [0.25, 0.3) is 10.9 Å². The van der Waals surface area contributed by atoms with Crippen LogP contribution in [0.5, 0.6) is 0 Å². The lowest BCUT2D eigenvalue weighted by Crippen LogP contribution is -2.14. The van der Waals surface area contributed by atoms with Gasteiger partial charge in [0.15, 0.2) is 0 Å². The topological polar surface area (TPSA) is 105 Å². The van der Waals surface area contributed by atoms with Crippen LogP contribution in [0.4, 0.5) is 5.69 Å². The summed E-state index contributed by atoms with van der Waals surface area (Å²) >= 11 is 0. The third-order valence-corrected chi connectivity index (χ3v) is 4.14. The van der Waals surface area contributed by atoms with Crippen LogP contribution in [0.15, 0.2) is 59.5 Å². The van der Waals surface area contributed by atoms with Gasteiger partial charge in [0.25, 0.3) is 5.91 Å². The van der Waals surface area contributed by atoms with E-state index in [2.05, 4.69) is 10.3 Å². The van der Waals surface area contributed by atoms with E-state index in [0.29, 0.717) is 11.4 Å². The number of fused-ring (bicyclic) bond motifs is 1. The largest absolute Gasteiger partial charge is 0.351 e. The summed E-state index contributed by atoms with van der Waals surface area (Å²) in [5, 5.41) is 8.66. The van der Waals surface area contributed by atoms with Gasteiger partial charge in [-0.1, -0.05) is 18.2 Å². The van der Waals surface area contributed by atoms with Crippen molar-refractivity contribution in [3.63, 3.8) is 0 Å². The number of anilines is 1. The molecule has 112 valence electrons. The SMILES string of the molecule is NS(=O)(=O)c1ccc(NC(=O)c2cc3ccccc3[nH]2)cc1. The first-order valence-electron chi connectivity index (χ1n) is 6.45. The normalized spacial score (nSPS) is 11.5. The van der Waals surface area contributed by atoms with E-state index in [1.807, 2.05) is 24.3 Å². The third-order valence-electron chi connectivity index (χ3n) is 3.22. The average Bonchev–Trinajstić information content (AvgIpc) is 2.91. The summed E-state index contributed by atoms with van der Waals surface area (Å²) < 4.78 is 22.3. The second-order valence-electron chi connectivity index (χ2n) is 4.79. The summed E-state index contributed by atoms with van der Waals surface area (Å²) in [6, 6.07) is 15.0. The Morgan fingerprint density at radius 2 is 1.73 bits per heavy atom. The van der Waals surface area contributed by atoms with Gasteiger partial charge in [-0.25, -0.2) is 13.6 Å². The van der Waals surface area contributed by atoms with Crippen molar-refractivity contribution in [2.45, 2.75) is 4.90 Å². The lowest BCUT2D eigenvalue weighted by molar-refractivity contribution is 0.102. The van der Waals surface area contributed by atoms with Crippen molar-refractivity contribution in [2.24, 2.45) is 5.14 Å². The minimum Gasteiger partial charge on any atom is -0.351 e. The number of amides is 1. The highest BCUT2D eigenvalue weighted by Gasteiger charge is 2.11. The first kappa shape index (κ1) is 14.3. The maximum Gasteiger partial charge on any atom is 0.272 e. The molecule has 4 N–H and O–H groups in total. The number of aromatic nitrogens is 1. The highest BCUT2D eigenvalue weighted by Crippen LogP contribution is 2.17. The van der Waals surface area contributed by atoms with Gasteiger partial charge in [0.05, 0.1) is 4.90 Å². The van der Waals surface area contributed by atoms with Crippen molar-refractivity contribution in [2.75, 3.05) is 5.32 Å². The maximum absolute atomic E-state index is 12.2. The van der Waals surface area contributed by atoms with Crippen LogP contribution in [0, 0.1) is 0 Å². The van der Waals surface area contributed by atoms with E-state index in [9.17, 15) is 13.2 Å². The number of carbonyl (C=O) groups excluding carboxylic acids is 1. The molecule has 3 aromatic rings. The number of aromatic amines is 1. The zero-order valence-corrected chi connectivity index (χ0v) is 12.2. The third kappa shape index (κ3) is 2.85. The molecule has 1 aromatic heterocycles. The van der Waals surface area contributed by atoms with E-state index in [1.54, 1.807) is 6.07 Å². The van der Waals surface area contributed by atoms with Crippen LogP contribution < -0.4 is 10.5 Å². The Morgan fingerprint density at radius 1 is 1.05 bits per heavy atom. The zero-order valence-electron chi connectivity index (χ0n) is 11.4.